The van der Waals surface area contributed by atoms with Crippen molar-refractivity contribution in [2.24, 2.45) is 0 Å². The number of aromatic nitrogens is 6. The van der Waals surface area contributed by atoms with Gasteiger partial charge in [-0.2, -0.15) is 0 Å². The van der Waals surface area contributed by atoms with Crippen LogP contribution in [0.4, 0.5) is 0 Å². The summed E-state index contributed by atoms with van der Waals surface area (Å²) >= 11 is 0. The standard InChI is InChI=1S/C46H52N6O4/c1-31-15-19-37(33(3)25-31)43-47-29-49-45(51-43)39-21-17-35(27-41(39)53)55-23-13-11-9-7-5-6-8-10-12-14-24-56-36-18-22-40(42(54)28-36)46-50-30-48-44(52-46)38-20-16-32(2)26-34(38)4/h15-22,25-30,53-54H,5-14,23-24H2,1-4H3. The van der Waals surface area contributed by atoms with Gasteiger partial charge in [0, 0.05) is 23.3 Å². The maximum Gasteiger partial charge on any atom is 0.167 e. The van der Waals surface area contributed by atoms with Crippen molar-refractivity contribution < 1.29 is 19.7 Å². The summed E-state index contributed by atoms with van der Waals surface area (Å²) in [6.45, 7) is 9.42. The molecule has 0 aliphatic rings. The predicted octanol–water partition coefficient (Wildman–Crippen LogP) is 10.7. The zero-order valence-corrected chi connectivity index (χ0v) is 33.0. The van der Waals surface area contributed by atoms with Crippen LogP contribution in [0.1, 0.15) is 86.5 Å². The number of rotatable bonds is 19. The van der Waals surface area contributed by atoms with Gasteiger partial charge in [0.05, 0.1) is 24.3 Å². The number of phenolic OH excluding ortho intramolecular Hbond substituents is 2. The van der Waals surface area contributed by atoms with Crippen LogP contribution in [0.25, 0.3) is 45.6 Å². The molecule has 0 bridgehead atoms. The molecule has 0 saturated carbocycles. The Balaban J connectivity index is 0.808. The van der Waals surface area contributed by atoms with E-state index in [2.05, 4.69) is 55.9 Å². The van der Waals surface area contributed by atoms with Crippen LogP contribution in [0.3, 0.4) is 0 Å². The summed E-state index contributed by atoms with van der Waals surface area (Å²) in [4.78, 5) is 26.6. The average Bonchev–Trinajstić information content (AvgIpc) is 3.18. The highest BCUT2D eigenvalue weighted by molar-refractivity contribution is 5.69. The fourth-order valence-electron chi connectivity index (χ4n) is 6.82. The van der Waals surface area contributed by atoms with E-state index < -0.39 is 0 Å². The van der Waals surface area contributed by atoms with E-state index in [9.17, 15) is 10.2 Å². The second-order valence-electron chi connectivity index (χ2n) is 14.5. The highest BCUT2D eigenvalue weighted by Crippen LogP contribution is 2.33. The number of ether oxygens (including phenoxy) is 2. The Hall–Kier alpha value is -5.90. The van der Waals surface area contributed by atoms with E-state index in [0.29, 0.717) is 59.1 Å². The molecule has 0 aliphatic carbocycles. The Kier molecular flexibility index (Phi) is 13.9. The first-order valence-electron chi connectivity index (χ1n) is 19.7. The molecule has 4 aromatic carbocycles. The summed E-state index contributed by atoms with van der Waals surface area (Å²) in [6, 6.07) is 22.9. The smallest absolute Gasteiger partial charge is 0.167 e. The molecular weight excluding hydrogens is 701 g/mol. The third-order valence-corrected chi connectivity index (χ3v) is 9.89. The molecule has 0 atom stereocenters. The van der Waals surface area contributed by atoms with Gasteiger partial charge in [-0.15, -0.1) is 0 Å². The van der Waals surface area contributed by atoms with Crippen LogP contribution >= 0.6 is 0 Å². The lowest BCUT2D eigenvalue weighted by Gasteiger charge is -2.10. The third kappa shape index (κ3) is 10.9. The summed E-state index contributed by atoms with van der Waals surface area (Å²) in [5.41, 5.74) is 7.53. The first-order valence-corrected chi connectivity index (χ1v) is 19.7. The number of aryl methyl sites for hydroxylation is 4. The Labute approximate surface area is 330 Å². The molecule has 2 heterocycles. The normalized spacial score (nSPS) is 11.1. The number of hydrogen-bond acceptors (Lipinski definition) is 10. The van der Waals surface area contributed by atoms with Crippen LogP contribution < -0.4 is 9.47 Å². The van der Waals surface area contributed by atoms with E-state index >= 15 is 0 Å². The SMILES string of the molecule is Cc1ccc(-c2ncnc(-c3ccc(OCCCCCCCCCCCCOc4ccc(-c5ncnc(-c6ccc(C)cc6C)n5)c(O)c4)cc3O)n2)c(C)c1. The lowest BCUT2D eigenvalue weighted by atomic mass is 10.1. The number of phenols is 2. The lowest BCUT2D eigenvalue weighted by molar-refractivity contribution is 0.301. The Morgan fingerprint density at radius 2 is 0.750 bits per heavy atom. The molecule has 10 heteroatoms. The van der Waals surface area contributed by atoms with Crippen LogP contribution in [0.15, 0.2) is 85.5 Å². The molecule has 2 aromatic heterocycles. The highest BCUT2D eigenvalue weighted by Gasteiger charge is 2.14. The van der Waals surface area contributed by atoms with Crippen LogP contribution in [-0.4, -0.2) is 53.3 Å². The van der Waals surface area contributed by atoms with Gasteiger partial charge in [-0.1, -0.05) is 98.9 Å². The van der Waals surface area contributed by atoms with E-state index in [0.717, 1.165) is 47.9 Å². The van der Waals surface area contributed by atoms with E-state index in [-0.39, 0.29) is 11.5 Å². The molecule has 6 aromatic rings. The molecule has 0 saturated heterocycles. The van der Waals surface area contributed by atoms with Gasteiger partial charge in [0.2, 0.25) is 0 Å². The molecule has 10 nitrogen and oxygen atoms in total. The third-order valence-electron chi connectivity index (χ3n) is 9.89. The van der Waals surface area contributed by atoms with Crippen LogP contribution in [0.5, 0.6) is 23.0 Å². The van der Waals surface area contributed by atoms with Gasteiger partial charge in [0.25, 0.3) is 0 Å². The van der Waals surface area contributed by atoms with Crippen molar-refractivity contribution in [3.63, 3.8) is 0 Å². The zero-order valence-electron chi connectivity index (χ0n) is 33.0. The molecule has 290 valence electrons. The van der Waals surface area contributed by atoms with Gasteiger partial charge in [0.1, 0.15) is 35.7 Å². The van der Waals surface area contributed by atoms with Gasteiger partial charge in [-0.3, -0.25) is 0 Å². The van der Waals surface area contributed by atoms with Gasteiger partial charge in [-0.05, 0) is 75.9 Å². The monoisotopic (exact) mass is 752 g/mol. The molecule has 0 fully saturated rings. The van der Waals surface area contributed by atoms with Crippen molar-refractivity contribution in [3.05, 3.63) is 108 Å². The average molecular weight is 753 g/mol. The fraction of sp³-hybridized carbons (Fsp3) is 0.348. The van der Waals surface area contributed by atoms with Crippen LogP contribution in [-0.2, 0) is 0 Å². The van der Waals surface area contributed by atoms with Crippen molar-refractivity contribution in [1.29, 1.82) is 0 Å². The molecule has 0 spiro atoms. The van der Waals surface area contributed by atoms with E-state index in [1.165, 1.54) is 62.3 Å². The number of hydrogen-bond donors (Lipinski definition) is 2. The van der Waals surface area contributed by atoms with Gasteiger partial charge >= 0.3 is 0 Å². The molecule has 2 N–H and O–H groups in total. The number of nitrogens with zero attached hydrogens (tertiary/aromatic N) is 6. The summed E-state index contributed by atoms with van der Waals surface area (Å²) in [6.07, 6.45) is 14.5. The molecule has 6 rings (SSSR count). The maximum atomic E-state index is 10.7. The van der Waals surface area contributed by atoms with Crippen molar-refractivity contribution in [3.8, 4) is 68.5 Å². The predicted molar refractivity (Wildman–Crippen MR) is 221 cm³/mol. The van der Waals surface area contributed by atoms with Crippen LogP contribution in [0.2, 0.25) is 0 Å². The molecular formula is C46H52N6O4. The van der Waals surface area contributed by atoms with Crippen LogP contribution in [0, 0.1) is 27.7 Å². The first kappa shape index (κ1) is 39.8. The Morgan fingerprint density at radius 1 is 0.411 bits per heavy atom. The Bertz CT molecular complexity index is 2070. The van der Waals surface area contributed by atoms with Gasteiger partial charge in [-0.25, -0.2) is 29.9 Å². The molecule has 0 amide bonds. The van der Waals surface area contributed by atoms with E-state index in [1.807, 2.05) is 50.2 Å². The van der Waals surface area contributed by atoms with Crippen molar-refractivity contribution >= 4 is 0 Å². The van der Waals surface area contributed by atoms with Gasteiger partial charge < -0.3 is 19.7 Å². The lowest BCUT2D eigenvalue weighted by Crippen LogP contribution is -1.99. The number of aromatic hydroxyl groups is 2. The minimum atomic E-state index is 0.0827. The summed E-state index contributed by atoms with van der Waals surface area (Å²) in [5.74, 6) is 3.45. The second kappa shape index (κ2) is 19.6. The molecule has 0 radical (unpaired) electrons. The first-order chi connectivity index (χ1) is 27.2. The molecule has 0 unspecified atom stereocenters. The van der Waals surface area contributed by atoms with Gasteiger partial charge in [0.15, 0.2) is 23.3 Å². The largest absolute Gasteiger partial charge is 0.507 e. The van der Waals surface area contributed by atoms with Crippen molar-refractivity contribution in [1.82, 2.24) is 29.9 Å². The fourth-order valence-corrected chi connectivity index (χ4v) is 6.82. The minimum Gasteiger partial charge on any atom is -0.507 e. The molecule has 0 aliphatic heterocycles. The van der Waals surface area contributed by atoms with Crippen molar-refractivity contribution in [2.75, 3.05) is 13.2 Å². The number of benzene rings is 4. The summed E-state index contributed by atoms with van der Waals surface area (Å²) < 4.78 is 11.9. The van der Waals surface area contributed by atoms with E-state index in [1.54, 1.807) is 24.3 Å². The van der Waals surface area contributed by atoms with E-state index in [4.69, 9.17) is 9.47 Å². The minimum absolute atomic E-state index is 0.0827. The summed E-state index contributed by atoms with van der Waals surface area (Å²) in [5, 5.41) is 21.5. The number of unbranched alkanes of at least 4 members (excludes halogenated alkanes) is 9. The highest BCUT2D eigenvalue weighted by atomic mass is 16.5. The maximum absolute atomic E-state index is 10.7. The molecule has 56 heavy (non-hydrogen) atoms. The zero-order chi connectivity index (χ0) is 39.3. The van der Waals surface area contributed by atoms with Crippen molar-refractivity contribution in [2.45, 2.75) is 91.9 Å². The topological polar surface area (TPSA) is 136 Å². The summed E-state index contributed by atoms with van der Waals surface area (Å²) in [7, 11) is 0. The Morgan fingerprint density at radius 3 is 1.11 bits per heavy atom. The quantitative estimate of drug-likeness (QED) is 0.0769. The second-order valence-corrected chi connectivity index (χ2v) is 14.5.